The summed E-state index contributed by atoms with van der Waals surface area (Å²) in [6, 6.07) is 0.803. The third kappa shape index (κ3) is 3.97. The highest BCUT2D eigenvalue weighted by molar-refractivity contribution is 4.73. The van der Waals surface area contributed by atoms with Crippen LogP contribution in [0.4, 0.5) is 0 Å². The van der Waals surface area contributed by atoms with Gasteiger partial charge in [0, 0.05) is 12.6 Å². The minimum absolute atomic E-state index is 0.778. The second kappa shape index (κ2) is 6.41. The summed E-state index contributed by atoms with van der Waals surface area (Å²) in [5.41, 5.74) is 0. The summed E-state index contributed by atoms with van der Waals surface area (Å²) < 4.78 is 0. The lowest BCUT2D eigenvalue weighted by Crippen LogP contribution is -2.38. The van der Waals surface area contributed by atoms with E-state index in [-0.39, 0.29) is 0 Å². The summed E-state index contributed by atoms with van der Waals surface area (Å²) in [5, 5.41) is 3.26. The van der Waals surface area contributed by atoms with Gasteiger partial charge in [-0.25, -0.2) is 0 Å². The second-order valence-corrected chi connectivity index (χ2v) is 4.86. The van der Waals surface area contributed by atoms with Crippen LogP contribution in [0.3, 0.4) is 0 Å². The summed E-state index contributed by atoms with van der Waals surface area (Å²) in [5.74, 6) is 0.778. The minimum atomic E-state index is 0.778. The Labute approximate surface area is 89.1 Å². The zero-order chi connectivity index (χ0) is 10.4. The molecule has 0 radical (unpaired) electrons. The first-order valence-electron chi connectivity index (χ1n) is 6.12. The molecule has 1 N–H and O–H groups in total. The van der Waals surface area contributed by atoms with Crippen molar-refractivity contribution in [3.63, 3.8) is 0 Å². The lowest BCUT2D eigenvalue weighted by atomic mass is 10.1. The van der Waals surface area contributed by atoms with E-state index in [0.717, 1.165) is 18.5 Å². The zero-order valence-corrected chi connectivity index (χ0v) is 10.1. The zero-order valence-electron chi connectivity index (χ0n) is 10.1. The van der Waals surface area contributed by atoms with Crippen LogP contribution in [0.5, 0.6) is 0 Å². The van der Waals surface area contributed by atoms with Crippen molar-refractivity contribution < 1.29 is 0 Å². The Balaban J connectivity index is 2.32. The predicted octanol–water partition coefficient (Wildman–Crippen LogP) is 2.11. The molecule has 2 unspecified atom stereocenters. The quantitative estimate of drug-likeness (QED) is 0.744. The highest BCUT2D eigenvalue weighted by Gasteiger charge is 2.18. The molecule has 0 spiro atoms. The molecule has 0 saturated carbocycles. The first kappa shape index (κ1) is 12.0. The van der Waals surface area contributed by atoms with Gasteiger partial charge in [-0.1, -0.05) is 19.8 Å². The van der Waals surface area contributed by atoms with Gasteiger partial charge < -0.3 is 10.2 Å². The van der Waals surface area contributed by atoms with E-state index in [1.807, 2.05) is 7.05 Å². The molecule has 0 aliphatic carbocycles. The highest BCUT2D eigenvalue weighted by Crippen LogP contribution is 2.17. The van der Waals surface area contributed by atoms with Crippen molar-refractivity contribution in [2.45, 2.75) is 45.6 Å². The van der Waals surface area contributed by atoms with E-state index in [4.69, 9.17) is 0 Å². The molecule has 1 saturated heterocycles. The first-order valence-corrected chi connectivity index (χ1v) is 6.12. The lowest BCUT2D eigenvalue weighted by molar-refractivity contribution is 0.185. The van der Waals surface area contributed by atoms with Crippen molar-refractivity contribution >= 4 is 0 Å². The van der Waals surface area contributed by atoms with E-state index in [0.29, 0.717) is 0 Å². The minimum Gasteiger partial charge on any atom is -0.319 e. The standard InChI is InChI=1S/C12H26N2/c1-11(9-13-3)10-14-8-6-4-5-7-12(14)2/h11-13H,4-10H2,1-3H3. The van der Waals surface area contributed by atoms with Gasteiger partial charge in [-0.3, -0.25) is 0 Å². The molecule has 1 aliphatic rings. The average molecular weight is 198 g/mol. The number of hydrogen-bond donors (Lipinski definition) is 1. The van der Waals surface area contributed by atoms with Gasteiger partial charge in [-0.05, 0) is 45.8 Å². The van der Waals surface area contributed by atoms with Crippen molar-refractivity contribution in [1.29, 1.82) is 0 Å². The molecule has 84 valence electrons. The smallest absolute Gasteiger partial charge is 0.00670 e. The van der Waals surface area contributed by atoms with Crippen molar-refractivity contribution in [1.82, 2.24) is 10.2 Å². The van der Waals surface area contributed by atoms with Crippen molar-refractivity contribution in [2.75, 3.05) is 26.7 Å². The number of likely N-dealkylation sites (tertiary alicyclic amines) is 1. The van der Waals surface area contributed by atoms with Gasteiger partial charge in [0.25, 0.3) is 0 Å². The maximum Gasteiger partial charge on any atom is 0.00670 e. The van der Waals surface area contributed by atoms with Crippen LogP contribution in [0.1, 0.15) is 39.5 Å². The Morgan fingerprint density at radius 1 is 1.36 bits per heavy atom. The number of nitrogens with zero attached hydrogens (tertiary/aromatic N) is 1. The van der Waals surface area contributed by atoms with E-state index in [1.165, 1.54) is 38.8 Å². The Kier molecular flexibility index (Phi) is 5.49. The fraction of sp³-hybridized carbons (Fsp3) is 1.00. The molecule has 14 heavy (non-hydrogen) atoms. The molecule has 1 heterocycles. The molecule has 0 aromatic carbocycles. The Hall–Kier alpha value is -0.0800. The summed E-state index contributed by atoms with van der Waals surface area (Å²) in [4.78, 5) is 2.68. The van der Waals surface area contributed by atoms with Crippen LogP contribution in [0.25, 0.3) is 0 Å². The van der Waals surface area contributed by atoms with Gasteiger partial charge in [0.05, 0.1) is 0 Å². The largest absolute Gasteiger partial charge is 0.319 e. The monoisotopic (exact) mass is 198 g/mol. The normalized spacial score (nSPS) is 27.2. The summed E-state index contributed by atoms with van der Waals surface area (Å²) in [6.45, 7) is 8.45. The molecule has 0 bridgehead atoms. The summed E-state index contributed by atoms with van der Waals surface area (Å²) in [7, 11) is 2.04. The Bertz CT molecular complexity index is 147. The SMILES string of the molecule is CNCC(C)CN1CCCCCC1C. The molecular weight excluding hydrogens is 172 g/mol. The van der Waals surface area contributed by atoms with Crippen LogP contribution in [0, 0.1) is 5.92 Å². The van der Waals surface area contributed by atoms with E-state index in [1.54, 1.807) is 0 Å². The fourth-order valence-corrected chi connectivity index (χ4v) is 2.42. The third-order valence-electron chi connectivity index (χ3n) is 3.29. The Morgan fingerprint density at radius 3 is 2.86 bits per heavy atom. The third-order valence-corrected chi connectivity index (χ3v) is 3.29. The molecule has 0 aromatic rings. The van der Waals surface area contributed by atoms with Crippen LogP contribution in [0.2, 0.25) is 0 Å². The number of hydrogen-bond acceptors (Lipinski definition) is 2. The van der Waals surface area contributed by atoms with Gasteiger partial charge in [0.15, 0.2) is 0 Å². The second-order valence-electron chi connectivity index (χ2n) is 4.86. The number of rotatable bonds is 4. The van der Waals surface area contributed by atoms with Crippen LogP contribution in [0.15, 0.2) is 0 Å². The Morgan fingerprint density at radius 2 is 2.14 bits per heavy atom. The topological polar surface area (TPSA) is 15.3 Å². The van der Waals surface area contributed by atoms with Crippen molar-refractivity contribution in [2.24, 2.45) is 5.92 Å². The van der Waals surface area contributed by atoms with E-state index < -0.39 is 0 Å². The maximum atomic E-state index is 3.26. The molecule has 1 fully saturated rings. The van der Waals surface area contributed by atoms with Gasteiger partial charge in [-0.2, -0.15) is 0 Å². The van der Waals surface area contributed by atoms with E-state index in [2.05, 4.69) is 24.1 Å². The van der Waals surface area contributed by atoms with E-state index >= 15 is 0 Å². The lowest BCUT2D eigenvalue weighted by Gasteiger charge is -2.29. The van der Waals surface area contributed by atoms with E-state index in [9.17, 15) is 0 Å². The molecule has 2 heteroatoms. The molecule has 0 amide bonds. The molecule has 2 atom stereocenters. The average Bonchev–Trinajstić information content (AvgIpc) is 2.33. The first-order chi connectivity index (χ1) is 6.74. The predicted molar refractivity (Wildman–Crippen MR) is 62.6 cm³/mol. The van der Waals surface area contributed by atoms with Crippen molar-refractivity contribution in [3.05, 3.63) is 0 Å². The van der Waals surface area contributed by atoms with Crippen LogP contribution >= 0.6 is 0 Å². The van der Waals surface area contributed by atoms with Gasteiger partial charge >= 0.3 is 0 Å². The molecule has 0 aromatic heterocycles. The maximum absolute atomic E-state index is 3.26. The highest BCUT2D eigenvalue weighted by atomic mass is 15.2. The number of nitrogens with one attached hydrogen (secondary N) is 1. The van der Waals surface area contributed by atoms with Crippen LogP contribution in [-0.2, 0) is 0 Å². The summed E-state index contributed by atoms with van der Waals surface area (Å²) >= 11 is 0. The van der Waals surface area contributed by atoms with Gasteiger partial charge in [-0.15, -0.1) is 0 Å². The van der Waals surface area contributed by atoms with Crippen molar-refractivity contribution in [3.8, 4) is 0 Å². The fourth-order valence-electron chi connectivity index (χ4n) is 2.42. The van der Waals surface area contributed by atoms with Crippen LogP contribution < -0.4 is 5.32 Å². The van der Waals surface area contributed by atoms with Gasteiger partial charge in [0.1, 0.15) is 0 Å². The molecular formula is C12H26N2. The van der Waals surface area contributed by atoms with Gasteiger partial charge in [0.2, 0.25) is 0 Å². The molecule has 1 rings (SSSR count). The molecule has 2 nitrogen and oxygen atoms in total. The summed E-state index contributed by atoms with van der Waals surface area (Å²) in [6.07, 6.45) is 5.65. The molecule has 1 aliphatic heterocycles. The van der Waals surface area contributed by atoms with Crippen LogP contribution in [-0.4, -0.2) is 37.6 Å².